The molecule has 2 heteroatoms. The monoisotopic (exact) mass is 239 g/mol. The van der Waals surface area contributed by atoms with Crippen LogP contribution in [0.15, 0.2) is 48.5 Å². The van der Waals surface area contributed by atoms with Crippen LogP contribution in [0.1, 0.15) is 11.1 Å². The molecule has 0 aliphatic heterocycles. The fourth-order valence-corrected chi connectivity index (χ4v) is 1.66. The Morgan fingerprint density at radius 3 is 1.67 bits per heavy atom. The predicted molar refractivity (Wildman–Crippen MR) is 77.8 cm³/mol. The van der Waals surface area contributed by atoms with E-state index in [9.17, 15) is 5.11 Å². The largest absolute Gasteiger partial charge is 0.508 e. The van der Waals surface area contributed by atoms with Gasteiger partial charge >= 0.3 is 0 Å². The molecule has 0 saturated carbocycles. The minimum Gasteiger partial charge on any atom is -0.508 e. The summed E-state index contributed by atoms with van der Waals surface area (Å²) in [6, 6.07) is 15.5. The van der Waals surface area contributed by atoms with Crippen molar-refractivity contribution in [3.8, 4) is 5.75 Å². The van der Waals surface area contributed by atoms with Crippen LogP contribution in [0.25, 0.3) is 12.2 Å². The predicted octanol–water partition coefficient (Wildman–Crippen LogP) is 3.63. The molecule has 0 unspecified atom stereocenters. The summed E-state index contributed by atoms with van der Waals surface area (Å²) in [5, 5.41) is 9.20. The highest BCUT2D eigenvalue weighted by Crippen LogP contribution is 2.15. The maximum Gasteiger partial charge on any atom is 0.115 e. The van der Waals surface area contributed by atoms with E-state index in [1.54, 1.807) is 12.1 Å². The van der Waals surface area contributed by atoms with E-state index in [1.807, 2.05) is 32.3 Å². The van der Waals surface area contributed by atoms with Gasteiger partial charge in [0.15, 0.2) is 0 Å². The van der Waals surface area contributed by atoms with E-state index in [1.165, 1.54) is 5.69 Å². The third-order valence-corrected chi connectivity index (χ3v) is 2.77. The minimum absolute atomic E-state index is 0.294. The average Bonchev–Trinajstić information content (AvgIpc) is 2.38. The molecule has 0 amide bonds. The average molecular weight is 239 g/mol. The first-order chi connectivity index (χ1) is 8.65. The van der Waals surface area contributed by atoms with Gasteiger partial charge < -0.3 is 10.0 Å². The maximum atomic E-state index is 9.20. The van der Waals surface area contributed by atoms with Crippen LogP contribution in [0.4, 0.5) is 5.69 Å². The molecular weight excluding hydrogens is 222 g/mol. The van der Waals surface area contributed by atoms with Crippen LogP contribution in [0.2, 0.25) is 0 Å². The van der Waals surface area contributed by atoms with Gasteiger partial charge in [0.05, 0.1) is 0 Å². The summed E-state index contributed by atoms with van der Waals surface area (Å²) in [5.74, 6) is 0.294. The molecule has 0 aromatic heterocycles. The van der Waals surface area contributed by atoms with Crippen LogP contribution in [0.3, 0.4) is 0 Å². The van der Waals surface area contributed by atoms with Crippen LogP contribution < -0.4 is 4.90 Å². The SMILES string of the molecule is CN(C)c1ccc(/C=C\c2ccc(O)cc2)cc1. The molecule has 0 saturated heterocycles. The van der Waals surface area contributed by atoms with E-state index in [4.69, 9.17) is 0 Å². The van der Waals surface area contributed by atoms with Gasteiger partial charge in [-0.15, -0.1) is 0 Å². The lowest BCUT2D eigenvalue weighted by Crippen LogP contribution is -2.07. The van der Waals surface area contributed by atoms with Gasteiger partial charge in [-0.3, -0.25) is 0 Å². The number of phenolic OH excluding ortho intramolecular Hbond substituents is 1. The molecule has 2 rings (SSSR count). The highest BCUT2D eigenvalue weighted by molar-refractivity contribution is 5.70. The lowest BCUT2D eigenvalue weighted by Gasteiger charge is -2.11. The Kier molecular flexibility index (Phi) is 3.68. The van der Waals surface area contributed by atoms with Gasteiger partial charge in [-0.25, -0.2) is 0 Å². The summed E-state index contributed by atoms with van der Waals surface area (Å²) in [5.41, 5.74) is 3.43. The zero-order valence-corrected chi connectivity index (χ0v) is 10.7. The van der Waals surface area contributed by atoms with E-state index < -0.39 is 0 Å². The fourth-order valence-electron chi connectivity index (χ4n) is 1.66. The van der Waals surface area contributed by atoms with Gasteiger partial charge in [0.25, 0.3) is 0 Å². The molecule has 18 heavy (non-hydrogen) atoms. The molecule has 0 fully saturated rings. The summed E-state index contributed by atoms with van der Waals surface area (Å²) in [6.45, 7) is 0. The van der Waals surface area contributed by atoms with Gasteiger partial charge in [-0.2, -0.15) is 0 Å². The van der Waals surface area contributed by atoms with E-state index >= 15 is 0 Å². The third-order valence-electron chi connectivity index (χ3n) is 2.77. The Morgan fingerprint density at radius 1 is 0.778 bits per heavy atom. The van der Waals surface area contributed by atoms with Crippen LogP contribution >= 0.6 is 0 Å². The van der Waals surface area contributed by atoms with Gasteiger partial charge in [0.2, 0.25) is 0 Å². The first kappa shape index (κ1) is 12.2. The molecule has 2 nitrogen and oxygen atoms in total. The Labute approximate surface area is 108 Å². The highest BCUT2D eigenvalue weighted by atomic mass is 16.3. The van der Waals surface area contributed by atoms with Gasteiger partial charge in [-0.1, -0.05) is 36.4 Å². The number of rotatable bonds is 3. The molecule has 0 bridgehead atoms. The Balaban J connectivity index is 2.11. The first-order valence-corrected chi connectivity index (χ1v) is 5.90. The smallest absolute Gasteiger partial charge is 0.115 e. The second-order valence-electron chi connectivity index (χ2n) is 4.41. The van der Waals surface area contributed by atoms with Crippen LogP contribution in [0.5, 0.6) is 5.75 Å². The van der Waals surface area contributed by atoms with Crippen molar-refractivity contribution in [3.63, 3.8) is 0 Å². The summed E-state index contributed by atoms with van der Waals surface area (Å²) in [6.07, 6.45) is 4.09. The van der Waals surface area contributed by atoms with E-state index in [0.717, 1.165) is 11.1 Å². The molecule has 0 aliphatic carbocycles. The first-order valence-electron chi connectivity index (χ1n) is 5.90. The number of phenols is 1. The third kappa shape index (κ3) is 3.14. The van der Waals surface area contributed by atoms with Crippen molar-refractivity contribution in [2.75, 3.05) is 19.0 Å². The number of anilines is 1. The summed E-state index contributed by atoms with van der Waals surface area (Å²) in [7, 11) is 4.06. The van der Waals surface area contributed by atoms with Crippen molar-refractivity contribution >= 4 is 17.8 Å². The zero-order chi connectivity index (χ0) is 13.0. The van der Waals surface area contributed by atoms with E-state index in [0.29, 0.717) is 5.75 Å². The molecule has 0 spiro atoms. The van der Waals surface area contributed by atoms with Gasteiger partial charge in [0.1, 0.15) is 5.75 Å². The highest BCUT2D eigenvalue weighted by Gasteiger charge is 1.93. The van der Waals surface area contributed by atoms with Crippen LogP contribution in [-0.4, -0.2) is 19.2 Å². The molecule has 0 heterocycles. The Morgan fingerprint density at radius 2 is 1.22 bits per heavy atom. The number of benzene rings is 2. The molecule has 0 aliphatic rings. The summed E-state index contributed by atoms with van der Waals surface area (Å²) >= 11 is 0. The van der Waals surface area contributed by atoms with E-state index in [-0.39, 0.29) is 0 Å². The summed E-state index contributed by atoms with van der Waals surface area (Å²) in [4.78, 5) is 2.08. The molecule has 92 valence electrons. The number of aromatic hydroxyl groups is 1. The second-order valence-corrected chi connectivity index (χ2v) is 4.41. The van der Waals surface area contributed by atoms with Crippen molar-refractivity contribution in [1.29, 1.82) is 0 Å². The topological polar surface area (TPSA) is 23.5 Å². The lowest BCUT2D eigenvalue weighted by molar-refractivity contribution is 0.475. The lowest BCUT2D eigenvalue weighted by atomic mass is 10.1. The van der Waals surface area contributed by atoms with Crippen molar-refractivity contribution in [2.24, 2.45) is 0 Å². The number of nitrogens with zero attached hydrogens (tertiary/aromatic N) is 1. The second kappa shape index (κ2) is 5.41. The normalized spacial score (nSPS) is 10.8. The fraction of sp³-hybridized carbons (Fsp3) is 0.125. The van der Waals surface area contributed by atoms with E-state index in [2.05, 4.69) is 35.2 Å². The zero-order valence-electron chi connectivity index (χ0n) is 10.7. The summed E-state index contributed by atoms with van der Waals surface area (Å²) < 4.78 is 0. The molecule has 1 N–H and O–H groups in total. The number of hydrogen-bond donors (Lipinski definition) is 1. The standard InChI is InChI=1S/C16H17NO/c1-17(2)15-9-5-13(6-10-15)3-4-14-7-11-16(18)12-8-14/h3-12,18H,1-2H3/b4-3-. The van der Waals surface area contributed by atoms with Crippen molar-refractivity contribution in [1.82, 2.24) is 0 Å². The maximum absolute atomic E-state index is 9.20. The minimum atomic E-state index is 0.294. The van der Waals surface area contributed by atoms with Crippen molar-refractivity contribution in [2.45, 2.75) is 0 Å². The molecule has 2 aromatic rings. The van der Waals surface area contributed by atoms with Gasteiger partial charge in [-0.05, 0) is 35.4 Å². The molecule has 0 atom stereocenters. The molecule has 2 aromatic carbocycles. The number of hydrogen-bond acceptors (Lipinski definition) is 2. The Bertz CT molecular complexity index is 524. The van der Waals surface area contributed by atoms with Crippen molar-refractivity contribution < 1.29 is 5.11 Å². The van der Waals surface area contributed by atoms with Crippen LogP contribution in [-0.2, 0) is 0 Å². The van der Waals surface area contributed by atoms with Gasteiger partial charge in [0, 0.05) is 19.8 Å². The van der Waals surface area contributed by atoms with Crippen molar-refractivity contribution in [3.05, 3.63) is 59.7 Å². The Hall–Kier alpha value is -2.22. The quantitative estimate of drug-likeness (QED) is 0.827. The molecule has 0 radical (unpaired) electrons. The van der Waals surface area contributed by atoms with Crippen LogP contribution in [0, 0.1) is 0 Å². The molecular formula is C16H17NO.